The molecule has 2 aliphatic rings. The quantitative estimate of drug-likeness (QED) is 0.403. The third kappa shape index (κ3) is 6.67. The van der Waals surface area contributed by atoms with Crippen LogP contribution in [-0.4, -0.2) is 115 Å². The summed E-state index contributed by atoms with van der Waals surface area (Å²) in [5, 5.41) is 3.37. The van der Waals surface area contributed by atoms with E-state index in [9.17, 15) is 13.2 Å². The molecule has 8 nitrogen and oxygen atoms in total. The largest absolute Gasteiger partial charge is 0.403 e. The first kappa shape index (κ1) is 23.5. The highest BCUT2D eigenvalue weighted by molar-refractivity contribution is 5.79. The lowest BCUT2D eigenvalue weighted by atomic mass is 10.2. The Balaban J connectivity index is 1.32. The normalized spacial score (nSPS) is 20.7. The highest BCUT2D eigenvalue weighted by Crippen LogP contribution is 2.25. The zero-order valence-electron chi connectivity index (χ0n) is 18.4. The standard InChI is InChI=1S/C20H33F3N8/c1-17(20(21,22)23)29-13-15-30(16-14-29)18(24-2)25-7-4-8-28-9-11-31(12-10-28)19-26-5-3-6-27-19/h3,5-6,17H,4,7-16H2,1-2H3,(H,24,25). The van der Waals surface area contributed by atoms with E-state index in [1.807, 2.05) is 11.0 Å². The second-order valence-corrected chi connectivity index (χ2v) is 7.95. The SMILES string of the molecule is CN=C(NCCCN1CCN(c2ncccn2)CC1)N1CCN(C(C)C(F)(F)F)CC1. The molecule has 2 fully saturated rings. The number of nitrogens with one attached hydrogen (secondary N) is 1. The lowest BCUT2D eigenvalue weighted by Gasteiger charge is -2.39. The molecule has 1 atom stereocenters. The summed E-state index contributed by atoms with van der Waals surface area (Å²) in [6.45, 7) is 8.66. The first-order valence-electron chi connectivity index (χ1n) is 10.9. The molecule has 3 rings (SSSR count). The molecule has 11 heteroatoms. The zero-order valence-corrected chi connectivity index (χ0v) is 18.4. The highest BCUT2D eigenvalue weighted by Gasteiger charge is 2.41. The second-order valence-electron chi connectivity index (χ2n) is 7.95. The summed E-state index contributed by atoms with van der Waals surface area (Å²) in [5.74, 6) is 1.56. The van der Waals surface area contributed by atoms with Gasteiger partial charge < -0.3 is 15.1 Å². The second kappa shape index (κ2) is 10.9. The van der Waals surface area contributed by atoms with E-state index in [0.717, 1.165) is 57.6 Å². The molecule has 1 aromatic heterocycles. The van der Waals surface area contributed by atoms with E-state index in [2.05, 4.69) is 30.1 Å². The number of anilines is 1. The summed E-state index contributed by atoms with van der Waals surface area (Å²) >= 11 is 0. The fraction of sp³-hybridized carbons (Fsp3) is 0.750. The van der Waals surface area contributed by atoms with Gasteiger partial charge in [0.1, 0.15) is 6.04 Å². The molecule has 2 saturated heterocycles. The van der Waals surface area contributed by atoms with Gasteiger partial charge in [-0.2, -0.15) is 13.2 Å². The topological polar surface area (TPSA) is 63.1 Å². The van der Waals surface area contributed by atoms with Crippen LogP contribution < -0.4 is 10.2 Å². The summed E-state index contributed by atoms with van der Waals surface area (Å²) in [4.78, 5) is 21.1. The van der Waals surface area contributed by atoms with Crippen LogP contribution in [0.1, 0.15) is 13.3 Å². The molecule has 1 N–H and O–H groups in total. The fourth-order valence-corrected chi connectivity index (χ4v) is 3.99. The van der Waals surface area contributed by atoms with Gasteiger partial charge in [-0.3, -0.25) is 14.8 Å². The van der Waals surface area contributed by atoms with Gasteiger partial charge in [0.05, 0.1) is 0 Å². The maximum atomic E-state index is 12.9. The van der Waals surface area contributed by atoms with Crippen LogP contribution in [0.15, 0.2) is 23.5 Å². The van der Waals surface area contributed by atoms with Gasteiger partial charge >= 0.3 is 6.18 Å². The number of hydrogen-bond donors (Lipinski definition) is 1. The first-order valence-corrected chi connectivity index (χ1v) is 10.9. The number of piperazine rings is 2. The van der Waals surface area contributed by atoms with Gasteiger partial charge in [-0.15, -0.1) is 0 Å². The van der Waals surface area contributed by atoms with Crippen molar-refractivity contribution >= 4 is 11.9 Å². The summed E-state index contributed by atoms with van der Waals surface area (Å²) < 4.78 is 38.8. The number of nitrogens with zero attached hydrogens (tertiary/aromatic N) is 7. The van der Waals surface area contributed by atoms with E-state index in [4.69, 9.17) is 0 Å². The van der Waals surface area contributed by atoms with E-state index in [1.165, 1.54) is 11.8 Å². The zero-order chi connectivity index (χ0) is 22.3. The van der Waals surface area contributed by atoms with E-state index >= 15 is 0 Å². The molecular weight excluding hydrogens is 409 g/mol. The van der Waals surface area contributed by atoms with Crippen LogP contribution in [0.4, 0.5) is 19.1 Å². The maximum Gasteiger partial charge on any atom is 0.403 e. The van der Waals surface area contributed by atoms with Crippen molar-refractivity contribution in [2.75, 3.05) is 77.4 Å². The van der Waals surface area contributed by atoms with Crippen LogP contribution >= 0.6 is 0 Å². The lowest BCUT2D eigenvalue weighted by molar-refractivity contribution is -0.181. The number of alkyl halides is 3. The van der Waals surface area contributed by atoms with Gasteiger partial charge in [-0.05, 0) is 26.0 Å². The molecule has 0 aromatic carbocycles. The minimum Gasteiger partial charge on any atom is -0.356 e. The van der Waals surface area contributed by atoms with Gasteiger partial charge in [-0.1, -0.05) is 0 Å². The molecule has 0 spiro atoms. The number of rotatable bonds is 6. The third-order valence-corrected chi connectivity index (χ3v) is 5.99. The van der Waals surface area contributed by atoms with Crippen molar-refractivity contribution in [1.82, 2.24) is 30.0 Å². The van der Waals surface area contributed by atoms with Crippen molar-refractivity contribution in [1.29, 1.82) is 0 Å². The Morgan fingerprint density at radius 2 is 1.71 bits per heavy atom. The minimum absolute atomic E-state index is 0.386. The van der Waals surface area contributed by atoms with Gasteiger partial charge in [0.25, 0.3) is 0 Å². The van der Waals surface area contributed by atoms with E-state index < -0.39 is 12.2 Å². The van der Waals surface area contributed by atoms with E-state index in [1.54, 1.807) is 19.4 Å². The Morgan fingerprint density at radius 3 is 2.29 bits per heavy atom. The average Bonchev–Trinajstić information content (AvgIpc) is 2.79. The van der Waals surface area contributed by atoms with Crippen molar-refractivity contribution in [3.63, 3.8) is 0 Å². The van der Waals surface area contributed by atoms with Crippen LogP contribution in [0.2, 0.25) is 0 Å². The monoisotopic (exact) mass is 442 g/mol. The van der Waals surface area contributed by atoms with Crippen molar-refractivity contribution in [2.24, 2.45) is 4.99 Å². The lowest BCUT2D eigenvalue weighted by Crippen LogP contribution is -2.56. The van der Waals surface area contributed by atoms with Gasteiger partial charge in [0.15, 0.2) is 5.96 Å². The molecule has 0 bridgehead atoms. The Morgan fingerprint density at radius 1 is 1.06 bits per heavy atom. The summed E-state index contributed by atoms with van der Waals surface area (Å²) in [5.41, 5.74) is 0. The van der Waals surface area contributed by atoms with Gasteiger partial charge in [-0.25, -0.2) is 9.97 Å². The Hall–Kier alpha value is -2.14. The molecule has 1 unspecified atom stereocenters. The van der Waals surface area contributed by atoms with E-state index in [-0.39, 0.29) is 0 Å². The number of halogens is 3. The molecule has 3 heterocycles. The number of guanidine groups is 1. The Kier molecular flexibility index (Phi) is 8.30. The van der Waals surface area contributed by atoms with Gasteiger partial charge in [0, 0.05) is 78.3 Å². The predicted octanol–water partition coefficient (Wildman–Crippen LogP) is 1.13. The Bertz CT molecular complexity index is 683. The number of hydrogen-bond acceptors (Lipinski definition) is 6. The molecule has 0 amide bonds. The van der Waals surface area contributed by atoms with Crippen molar-refractivity contribution in [3.8, 4) is 0 Å². The van der Waals surface area contributed by atoms with Crippen molar-refractivity contribution < 1.29 is 13.2 Å². The molecule has 0 aliphatic carbocycles. The molecule has 2 aliphatic heterocycles. The number of aromatic nitrogens is 2. The molecule has 1 aromatic rings. The third-order valence-electron chi connectivity index (χ3n) is 5.99. The molecule has 174 valence electrons. The maximum absolute atomic E-state index is 12.9. The molecular formula is C20H33F3N8. The fourth-order valence-electron chi connectivity index (χ4n) is 3.99. The molecule has 31 heavy (non-hydrogen) atoms. The minimum atomic E-state index is -4.18. The predicted molar refractivity (Wildman–Crippen MR) is 115 cm³/mol. The molecule has 0 saturated carbocycles. The van der Waals surface area contributed by atoms with Crippen LogP contribution in [0, 0.1) is 0 Å². The van der Waals surface area contributed by atoms with Gasteiger partial charge in [0.2, 0.25) is 5.95 Å². The van der Waals surface area contributed by atoms with Crippen LogP contribution in [0.3, 0.4) is 0 Å². The smallest absolute Gasteiger partial charge is 0.356 e. The van der Waals surface area contributed by atoms with Crippen LogP contribution in [0.25, 0.3) is 0 Å². The average molecular weight is 443 g/mol. The first-order chi connectivity index (χ1) is 14.9. The van der Waals surface area contributed by atoms with Crippen molar-refractivity contribution in [3.05, 3.63) is 18.5 Å². The van der Waals surface area contributed by atoms with E-state index in [0.29, 0.717) is 26.2 Å². The summed E-state index contributed by atoms with van der Waals surface area (Å²) in [7, 11) is 1.72. The van der Waals surface area contributed by atoms with Crippen LogP contribution in [-0.2, 0) is 0 Å². The van der Waals surface area contributed by atoms with Crippen LogP contribution in [0.5, 0.6) is 0 Å². The highest BCUT2D eigenvalue weighted by atomic mass is 19.4. The summed E-state index contributed by atoms with van der Waals surface area (Å²) in [6, 6.07) is 0.419. The number of aliphatic imine (C=N–C) groups is 1. The van der Waals surface area contributed by atoms with Crippen molar-refractivity contribution in [2.45, 2.75) is 25.6 Å². The summed E-state index contributed by atoms with van der Waals surface area (Å²) in [6.07, 6.45) is 0.335. The Labute approximate surface area is 182 Å². The molecule has 0 radical (unpaired) electrons.